The lowest BCUT2D eigenvalue weighted by atomic mass is 9.87. The average Bonchev–Trinajstić information content (AvgIpc) is 3.89. The molecule has 2 aliphatic rings. The molecule has 3 aromatic carbocycles. The number of benzene rings is 3. The minimum absolute atomic E-state index is 0.0771. The van der Waals surface area contributed by atoms with Crippen molar-refractivity contribution < 1.29 is 9.47 Å². The zero-order chi connectivity index (χ0) is 32.2. The molecule has 0 spiro atoms. The number of piperazine rings is 1. The Labute approximate surface area is 274 Å². The number of hydrogen-bond donors (Lipinski definition) is 0. The molecular formula is C36H42N8O3. The van der Waals surface area contributed by atoms with E-state index in [1.54, 1.807) is 32.8 Å². The normalized spacial score (nSPS) is 20.4. The molecule has 3 atom stereocenters. The van der Waals surface area contributed by atoms with Crippen molar-refractivity contribution in [2.24, 2.45) is 5.92 Å². The predicted molar refractivity (Wildman–Crippen MR) is 181 cm³/mol. The van der Waals surface area contributed by atoms with Crippen LogP contribution >= 0.6 is 0 Å². The summed E-state index contributed by atoms with van der Waals surface area (Å²) in [4.78, 5) is 19.3. The monoisotopic (exact) mass is 634 g/mol. The highest BCUT2D eigenvalue weighted by atomic mass is 16.5. The van der Waals surface area contributed by atoms with Crippen molar-refractivity contribution >= 4 is 11.4 Å². The van der Waals surface area contributed by atoms with E-state index >= 15 is 0 Å². The van der Waals surface area contributed by atoms with Crippen LogP contribution in [-0.2, 0) is 16.9 Å². The number of hydrogen-bond acceptors (Lipinski definition) is 8. The van der Waals surface area contributed by atoms with E-state index in [0.29, 0.717) is 19.8 Å². The average molecular weight is 635 g/mol. The van der Waals surface area contributed by atoms with Crippen molar-refractivity contribution in [2.45, 2.75) is 44.9 Å². The fourth-order valence-electron chi connectivity index (χ4n) is 6.65. The number of aromatic nitrogens is 6. The van der Waals surface area contributed by atoms with Gasteiger partial charge in [-0.15, -0.1) is 0 Å². The fourth-order valence-corrected chi connectivity index (χ4v) is 6.65. The summed E-state index contributed by atoms with van der Waals surface area (Å²) in [6, 6.07) is 27.1. The molecule has 0 saturated carbocycles. The molecule has 47 heavy (non-hydrogen) atoms. The van der Waals surface area contributed by atoms with Crippen molar-refractivity contribution in [1.82, 2.24) is 29.3 Å². The molecule has 1 unspecified atom stereocenters. The summed E-state index contributed by atoms with van der Waals surface area (Å²) in [7, 11) is 0. The van der Waals surface area contributed by atoms with Crippen LogP contribution in [0.4, 0.5) is 11.4 Å². The SMILES string of the molecule is CCC(C)n1ncn(-c2ccc(N3CCN(c4ccc(OC[C@H]5CO[C@](Cn6nccn6)(c6ccccc6)C5)cc4)CC3)cc2)c1=O. The fraction of sp³-hybridized carbons (Fsp3) is 0.389. The molecule has 11 heteroatoms. The van der Waals surface area contributed by atoms with Gasteiger partial charge < -0.3 is 19.3 Å². The maximum Gasteiger partial charge on any atom is 0.350 e. The lowest BCUT2D eigenvalue weighted by Crippen LogP contribution is -2.46. The van der Waals surface area contributed by atoms with Gasteiger partial charge in [-0.05, 0) is 73.9 Å². The van der Waals surface area contributed by atoms with Crippen molar-refractivity contribution in [3.63, 3.8) is 0 Å². The summed E-state index contributed by atoms with van der Waals surface area (Å²) in [5.41, 5.74) is 3.75. The summed E-state index contributed by atoms with van der Waals surface area (Å²) in [5, 5.41) is 13.0. The first-order valence-electron chi connectivity index (χ1n) is 16.5. The molecule has 5 aromatic rings. The zero-order valence-electron chi connectivity index (χ0n) is 27.1. The lowest BCUT2D eigenvalue weighted by Gasteiger charge is -2.37. The van der Waals surface area contributed by atoms with Crippen molar-refractivity contribution in [2.75, 3.05) is 49.2 Å². The van der Waals surface area contributed by atoms with Crippen molar-refractivity contribution in [1.29, 1.82) is 0 Å². The van der Waals surface area contributed by atoms with Gasteiger partial charge in [-0.1, -0.05) is 37.3 Å². The first-order chi connectivity index (χ1) is 23.0. The van der Waals surface area contributed by atoms with Gasteiger partial charge in [0.2, 0.25) is 0 Å². The molecule has 2 saturated heterocycles. The minimum Gasteiger partial charge on any atom is -0.493 e. The van der Waals surface area contributed by atoms with Gasteiger partial charge in [0.05, 0.1) is 43.9 Å². The molecule has 2 aliphatic heterocycles. The van der Waals surface area contributed by atoms with Crippen LogP contribution in [0.25, 0.3) is 5.69 Å². The van der Waals surface area contributed by atoms with E-state index in [4.69, 9.17) is 9.47 Å². The molecule has 2 aromatic heterocycles. The second-order valence-electron chi connectivity index (χ2n) is 12.6. The quantitative estimate of drug-likeness (QED) is 0.202. The number of ether oxygens (including phenoxy) is 2. The minimum atomic E-state index is -0.473. The Hall–Kier alpha value is -4.90. The van der Waals surface area contributed by atoms with Crippen LogP contribution < -0.4 is 20.2 Å². The first kappa shape index (κ1) is 30.7. The largest absolute Gasteiger partial charge is 0.493 e. The molecule has 0 radical (unpaired) electrons. The van der Waals surface area contributed by atoms with Crippen molar-refractivity contribution in [3.05, 3.63) is 114 Å². The number of nitrogens with zero attached hydrogens (tertiary/aromatic N) is 8. The van der Waals surface area contributed by atoms with E-state index < -0.39 is 5.60 Å². The second kappa shape index (κ2) is 13.4. The van der Waals surface area contributed by atoms with Gasteiger partial charge in [0.25, 0.3) is 0 Å². The van der Waals surface area contributed by atoms with E-state index in [2.05, 4.69) is 92.7 Å². The van der Waals surface area contributed by atoms with Crippen LogP contribution in [0.5, 0.6) is 5.75 Å². The summed E-state index contributed by atoms with van der Waals surface area (Å²) >= 11 is 0. The van der Waals surface area contributed by atoms with Gasteiger partial charge in [0, 0.05) is 43.5 Å². The van der Waals surface area contributed by atoms with Gasteiger partial charge in [-0.3, -0.25) is 0 Å². The molecule has 11 nitrogen and oxygen atoms in total. The van der Waals surface area contributed by atoms with Gasteiger partial charge in [-0.25, -0.2) is 14.0 Å². The maximum absolute atomic E-state index is 12.8. The molecule has 244 valence electrons. The lowest BCUT2D eigenvalue weighted by molar-refractivity contribution is -0.0209. The smallest absolute Gasteiger partial charge is 0.350 e. The molecule has 0 aliphatic carbocycles. The summed E-state index contributed by atoms with van der Waals surface area (Å²) < 4.78 is 15.9. The predicted octanol–water partition coefficient (Wildman–Crippen LogP) is 4.93. The Bertz CT molecular complexity index is 1780. The van der Waals surface area contributed by atoms with Crippen LogP contribution in [0, 0.1) is 5.92 Å². The van der Waals surface area contributed by atoms with Crippen LogP contribution in [0.15, 0.2) is 102 Å². The van der Waals surface area contributed by atoms with Gasteiger partial charge in [-0.2, -0.15) is 20.1 Å². The van der Waals surface area contributed by atoms with Crippen LogP contribution in [-0.4, -0.2) is 68.7 Å². The van der Waals surface area contributed by atoms with E-state index in [-0.39, 0.29) is 17.6 Å². The molecule has 0 amide bonds. The molecule has 0 bridgehead atoms. The Morgan fingerprint density at radius 3 is 2.11 bits per heavy atom. The van der Waals surface area contributed by atoms with Crippen LogP contribution in [0.1, 0.15) is 38.3 Å². The van der Waals surface area contributed by atoms with Gasteiger partial charge in [0.15, 0.2) is 0 Å². The summed E-state index contributed by atoms with van der Waals surface area (Å²) in [5.74, 6) is 1.13. The summed E-state index contributed by atoms with van der Waals surface area (Å²) in [6.07, 6.45) is 6.71. The topological polar surface area (TPSA) is 95.5 Å². The molecule has 4 heterocycles. The van der Waals surface area contributed by atoms with Crippen molar-refractivity contribution in [3.8, 4) is 11.4 Å². The number of anilines is 2. The Balaban J connectivity index is 0.913. The first-order valence-corrected chi connectivity index (χ1v) is 16.5. The Morgan fingerprint density at radius 2 is 1.47 bits per heavy atom. The Morgan fingerprint density at radius 1 is 0.851 bits per heavy atom. The third kappa shape index (κ3) is 6.53. The van der Waals surface area contributed by atoms with Crippen LogP contribution in [0.3, 0.4) is 0 Å². The van der Waals surface area contributed by atoms with E-state index in [0.717, 1.165) is 61.7 Å². The van der Waals surface area contributed by atoms with Gasteiger partial charge >= 0.3 is 5.69 Å². The zero-order valence-corrected chi connectivity index (χ0v) is 27.1. The standard InChI is InChI=1S/C36H42N8O3/c1-3-28(2)44-35(45)42(27-39-44)33-11-9-31(10-12-33)40-19-21-41(22-20-40)32-13-15-34(16-14-32)46-24-29-23-36(47-25-29,26-43-37-17-18-38-43)30-7-5-4-6-8-30/h4-18,27-29H,3,19-26H2,1-2H3/t28?,29-,36+/m0/s1. The summed E-state index contributed by atoms with van der Waals surface area (Å²) in [6.45, 7) is 9.54. The molecule has 0 N–H and O–H groups in total. The number of rotatable bonds is 11. The van der Waals surface area contributed by atoms with E-state index in [1.807, 2.05) is 25.1 Å². The van der Waals surface area contributed by atoms with Crippen LogP contribution in [0.2, 0.25) is 0 Å². The van der Waals surface area contributed by atoms with Gasteiger partial charge in [0.1, 0.15) is 17.7 Å². The molecular weight excluding hydrogens is 592 g/mol. The highest BCUT2D eigenvalue weighted by molar-refractivity contribution is 5.54. The van der Waals surface area contributed by atoms with E-state index in [1.165, 1.54) is 5.69 Å². The Kier molecular flexibility index (Phi) is 8.80. The molecule has 7 rings (SSSR count). The highest BCUT2D eigenvalue weighted by Gasteiger charge is 2.43. The third-order valence-electron chi connectivity index (χ3n) is 9.54. The second-order valence-corrected chi connectivity index (χ2v) is 12.6. The third-order valence-corrected chi connectivity index (χ3v) is 9.54. The molecule has 2 fully saturated rings. The maximum atomic E-state index is 12.8. The highest BCUT2D eigenvalue weighted by Crippen LogP contribution is 2.40. The van der Waals surface area contributed by atoms with E-state index in [9.17, 15) is 4.79 Å².